The zero-order chi connectivity index (χ0) is 16.4. The topological polar surface area (TPSA) is 62.1 Å². The fourth-order valence-electron chi connectivity index (χ4n) is 3.09. The molecule has 0 atom stereocenters. The van der Waals surface area contributed by atoms with Crippen LogP contribution in [0.4, 0.5) is 0 Å². The van der Waals surface area contributed by atoms with Crippen molar-refractivity contribution >= 4 is 11.0 Å². The van der Waals surface area contributed by atoms with Gasteiger partial charge in [0.15, 0.2) is 0 Å². The van der Waals surface area contributed by atoms with E-state index in [9.17, 15) is 0 Å². The van der Waals surface area contributed by atoms with Crippen LogP contribution in [0.2, 0.25) is 0 Å². The van der Waals surface area contributed by atoms with Crippen LogP contribution in [0.15, 0.2) is 36.7 Å². The maximum absolute atomic E-state index is 6.12. The molecular weight excluding hydrogens is 304 g/mol. The molecule has 124 valence electrons. The van der Waals surface area contributed by atoms with E-state index in [1.54, 1.807) is 18.5 Å². The van der Waals surface area contributed by atoms with Gasteiger partial charge in [0, 0.05) is 25.5 Å². The minimum atomic E-state index is 0.280. The first-order valence-electron chi connectivity index (χ1n) is 8.37. The minimum Gasteiger partial charge on any atom is -0.461 e. The summed E-state index contributed by atoms with van der Waals surface area (Å²) in [6.07, 6.45) is 9.61. The molecule has 24 heavy (non-hydrogen) atoms. The molecule has 0 saturated heterocycles. The second kappa shape index (κ2) is 6.47. The average Bonchev–Trinajstić information content (AvgIpc) is 2.93. The number of hydrogen-bond donors (Lipinski definition) is 0. The molecule has 1 aliphatic rings. The highest BCUT2D eigenvalue weighted by Gasteiger charge is 2.18. The Morgan fingerprint density at radius 3 is 2.67 bits per heavy atom. The summed E-state index contributed by atoms with van der Waals surface area (Å²) in [5.41, 5.74) is 1.86. The van der Waals surface area contributed by atoms with Crippen molar-refractivity contribution in [2.45, 2.75) is 38.2 Å². The second-order valence-electron chi connectivity index (χ2n) is 6.12. The highest BCUT2D eigenvalue weighted by Crippen LogP contribution is 2.28. The highest BCUT2D eigenvalue weighted by molar-refractivity contribution is 5.78. The van der Waals surface area contributed by atoms with Crippen molar-refractivity contribution in [2.24, 2.45) is 7.05 Å². The van der Waals surface area contributed by atoms with Gasteiger partial charge in [0.1, 0.15) is 11.9 Å². The van der Waals surface area contributed by atoms with Gasteiger partial charge in [0.05, 0.1) is 11.0 Å². The van der Waals surface area contributed by atoms with Crippen molar-refractivity contribution in [2.75, 3.05) is 0 Å². The number of imidazole rings is 1. The van der Waals surface area contributed by atoms with Gasteiger partial charge in [0.25, 0.3) is 6.01 Å². The van der Waals surface area contributed by atoms with Crippen molar-refractivity contribution < 1.29 is 9.47 Å². The molecule has 0 aliphatic heterocycles. The Morgan fingerprint density at radius 1 is 1.08 bits per heavy atom. The fourth-order valence-corrected chi connectivity index (χ4v) is 3.09. The third-order valence-electron chi connectivity index (χ3n) is 4.39. The van der Waals surface area contributed by atoms with Crippen molar-refractivity contribution in [1.29, 1.82) is 0 Å². The summed E-state index contributed by atoms with van der Waals surface area (Å²) >= 11 is 0. The number of rotatable bonds is 4. The lowest BCUT2D eigenvalue weighted by molar-refractivity contribution is 0.138. The van der Waals surface area contributed by atoms with E-state index in [0.29, 0.717) is 17.8 Å². The lowest BCUT2D eigenvalue weighted by Crippen LogP contribution is -2.21. The molecule has 0 amide bonds. The van der Waals surface area contributed by atoms with E-state index < -0.39 is 0 Å². The molecule has 0 radical (unpaired) electrons. The molecule has 0 unspecified atom stereocenters. The van der Waals surface area contributed by atoms with Crippen LogP contribution in [-0.2, 0) is 7.05 Å². The standard InChI is InChI=1S/C18H20N4O2/c1-22-16-12-14(23-17-19-10-5-11-20-17)8-9-15(16)21-18(22)24-13-6-3-2-4-7-13/h5,8-13H,2-4,6-7H2,1H3. The first-order chi connectivity index (χ1) is 11.8. The zero-order valence-electron chi connectivity index (χ0n) is 13.7. The maximum Gasteiger partial charge on any atom is 0.321 e. The number of benzene rings is 1. The van der Waals surface area contributed by atoms with Gasteiger partial charge < -0.3 is 9.47 Å². The van der Waals surface area contributed by atoms with Gasteiger partial charge in [-0.2, -0.15) is 4.98 Å². The molecule has 2 aromatic heterocycles. The first-order valence-corrected chi connectivity index (χ1v) is 8.37. The molecule has 1 aliphatic carbocycles. The number of nitrogens with zero attached hydrogens (tertiary/aromatic N) is 4. The van der Waals surface area contributed by atoms with Gasteiger partial charge in [0.2, 0.25) is 0 Å². The molecule has 0 N–H and O–H groups in total. The summed E-state index contributed by atoms with van der Waals surface area (Å²) in [6.45, 7) is 0. The first kappa shape index (κ1) is 14.9. The summed E-state index contributed by atoms with van der Waals surface area (Å²) in [7, 11) is 1.97. The third-order valence-corrected chi connectivity index (χ3v) is 4.39. The van der Waals surface area contributed by atoms with E-state index in [0.717, 1.165) is 23.9 Å². The largest absolute Gasteiger partial charge is 0.461 e. The van der Waals surface area contributed by atoms with E-state index in [-0.39, 0.29) is 6.10 Å². The molecule has 4 rings (SSSR count). The van der Waals surface area contributed by atoms with Crippen LogP contribution in [0.1, 0.15) is 32.1 Å². The van der Waals surface area contributed by atoms with Crippen LogP contribution in [0.5, 0.6) is 17.8 Å². The SMILES string of the molecule is Cn1c(OC2CCCCC2)nc2ccc(Oc3ncccn3)cc21. The van der Waals surface area contributed by atoms with E-state index in [4.69, 9.17) is 9.47 Å². The summed E-state index contributed by atoms with van der Waals surface area (Å²) in [6, 6.07) is 8.50. The van der Waals surface area contributed by atoms with Gasteiger partial charge in [-0.15, -0.1) is 0 Å². The Hall–Kier alpha value is -2.63. The number of aryl methyl sites for hydroxylation is 1. The van der Waals surface area contributed by atoms with Crippen molar-refractivity contribution in [3.63, 3.8) is 0 Å². The molecule has 0 bridgehead atoms. The Morgan fingerprint density at radius 2 is 1.88 bits per heavy atom. The third kappa shape index (κ3) is 3.04. The van der Waals surface area contributed by atoms with Gasteiger partial charge >= 0.3 is 6.01 Å². The number of aromatic nitrogens is 4. The van der Waals surface area contributed by atoms with Crippen LogP contribution in [0, 0.1) is 0 Å². The summed E-state index contributed by atoms with van der Waals surface area (Å²) < 4.78 is 13.8. The maximum atomic E-state index is 6.12. The van der Waals surface area contributed by atoms with Gasteiger partial charge in [-0.05, 0) is 43.9 Å². The molecule has 0 spiro atoms. The predicted octanol–water partition coefficient (Wildman–Crippen LogP) is 3.87. The van der Waals surface area contributed by atoms with Crippen molar-refractivity contribution in [3.8, 4) is 17.8 Å². The lowest BCUT2D eigenvalue weighted by Gasteiger charge is -2.22. The monoisotopic (exact) mass is 324 g/mol. The Kier molecular flexibility index (Phi) is 4.02. The second-order valence-corrected chi connectivity index (χ2v) is 6.12. The Balaban J connectivity index is 1.58. The summed E-state index contributed by atoms with van der Waals surface area (Å²) in [5, 5.41) is 0. The number of fused-ring (bicyclic) bond motifs is 1. The van der Waals surface area contributed by atoms with E-state index >= 15 is 0 Å². The Bertz CT molecular complexity index is 826. The fraction of sp³-hybridized carbons (Fsp3) is 0.389. The number of ether oxygens (including phenoxy) is 2. The van der Waals surface area contributed by atoms with E-state index in [2.05, 4.69) is 15.0 Å². The quantitative estimate of drug-likeness (QED) is 0.729. The molecule has 6 heteroatoms. The van der Waals surface area contributed by atoms with Crippen molar-refractivity contribution in [1.82, 2.24) is 19.5 Å². The lowest BCUT2D eigenvalue weighted by atomic mass is 9.98. The van der Waals surface area contributed by atoms with E-state index in [1.807, 2.05) is 29.8 Å². The smallest absolute Gasteiger partial charge is 0.321 e. The van der Waals surface area contributed by atoms with Crippen LogP contribution in [0.25, 0.3) is 11.0 Å². The molecule has 1 aromatic carbocycles. The predicted molar refractivity (Wildman–Crippen MR) is 90.3 cm³/mol. The van der Waals surface area contributed by atoms with Crippen LogP contribution >= 0.6 is 0 Å². The summed E-state index contributed by atoms with van der Waals surface area (Å²) in [4.78, 5) is 12.8. The zero-order valence-corrected chi connectivity index (χ0v) is 13.7. The molecule has 3 aromatic rings. The van der Waals surface area contributed by atoms with E-state index in [1.165, 1.54) is 19.3 Å². The molecule has 2 heterocycles. The Labute approximate surface area is 140 Å². The number of hydrogen-bond acceptors (Lipinski definition) is 5. The molecule has 1 saturated carbocycles. The molecular formula is C18H20N4O2. The minimum absolute atomic E-state index is 0.280. The van der Waals surface area contributed by atoms with Crippen LogP contribution in [0.3, 0.4) is 0 Å². The van der Waals surface area contributed by atoms with Gasteiger partial charge in [-0.3, -0.25) is 4.57 Å². The normalized spacial score (nSPS) is 15.5. The van der Waals surface area contributed by atoms with Gasteiger partial charge in [-0.25, -0.2) is 9.97 Å². The molecule has 1 fully saturated rings. The van der Waals surface area contributed by atoms with Crippen LogP contribution in [-0.4, -0.2) is 25.6 Å². The van der Waals surface area contributed by atoms with Crippen LogP contribution < -0.4 is 9.47 Å². The average molecular weight is 324 g/mol. The molecule has 6 nitrogen and oxygen atoms in total. The van der Waals surface area contributed by atoms with Crippen molar-refractivity contribution in [3.05, 3.63) is 36.7 Å². The van der Waals surface area contributed by atoms with Gasteiger partial charge in [-0.1, -0.05) is 6.42 Å². The highest BCUT2D eigenvalue weighted by atomic mass is 16.5. The summed E-state index contributed by atoms with van der Waals surface area (Å²) in [5.74, 6) is 0.681.